The van der Waals surface area contributed by atoms with Crippen LogP contribution in [-0.4, -0.2) is 16.9 Å². The van der Waals surface area contributed by atoms with Gasteiger partial charge >= 0.3 is 0 Å². The van der Waals surface area contributed by atoms with E-state index in [0.29, 0.717) is 6.61 Å². The lowest BCUT2D eigenvalue weighted by atomic mass is 9.52. The fourth-order valence-electron chi connectivity index (χ4n) is 7.00. The fraction of sp³-hybridized carbons (Fsp3) is 0.640. The number of rotatable bonds is 3. The number of hydrogen-bond donors (Lipinski definition) is 1. The molecule has 0 heterocycles. The van der Waals surface area contributed by atoms with Gasteiger partial charge in [-0.15, -0.1) is 0 Å². The van der Waals surface area contributed by atoms with Gasteiger partial charge in [0, 0.05) is 0 Å². The summed E-state index contributed by atoms with van der Waals surface area (Å²) in [4.78, 5) is 5.64. The zero-order valence-corrected chi connectivity index (χ0v) is 17.0. The van der Waals surface area contributed by atoms with Crippen molar-refractivity contribution in [3.63, 3.8) is 0 Å². The van der Waals surface area contributed by atoms with Crippen molar-refractivity contribution in [2.24, 2.45) is 34.2 Å². The Kier molecular flexibility index (Phi) is 4.82. The van der Waals surface area contributed by atoms with Gasteiger partial charge in [0.15, 0.2) is 0 Å². The molecule has 150 valence electrons. The number of fused-ring (bicyclic) bond motifs is 5. The lowest BCUT2D eigenvalue weighted by molar-refractivity contribution is -0.0526. The van der Waals surface area contributed by atoms with Crippen molar-refractivity contribution in [1.29, 1.82) is 0 Å². The Hall–Kier alpha value is -1.61. The molecule has 1 aromatic rings. The summed E-state index contributed by atoms with van der Waals surface area (Å²) < 4.78 is 0. The van der Waals surface area contributed by atoms with Crippen LogP contribution in [0.5, 0.6) is 0 Å². The number of aliphatic hydroxyl groups is 1. The molecule has 28 heavy (non-hydrogen) atoms. The summed E-state index contributed by atoms with van der Waals surface area (Å²) in [5.74, 6) is 3.14. The fourth-order valence-corrected chi connectivity index (χ4v) is 7.00. The van der Waals surface area contributed by atoms with Crippen LogP contribution in [0.4, 0.5) is 0 Å². The second-order valence-corrected chi connectivity index (χ2v) is 9.82. The molecule has 4 aliphatic carbocycles. The maximum atomic E-state index is 10.6. The van der Waals surface area contributed by atoms with Crippen molar-refractivity contribution in [2.75, 3.05) is 0 Å². The summed E-state index contributed by atoms with van der Waals surface area (Å²) in [6.07, 6.45) is 11.8. The van der Waals surface area contributed by atoms with Crippen LogP contribution in [-0.2, 0) is 11.4 Å². The van der Waals surface area contributed by atoms with Crippen LogP contribution in [0.1, 0.15) is 63.9 Å². The molecule has 0 unspecified atom stereocenters. The summed E-state index contributed by atoms with van der Waals surface area (Å²) >= 11 is 0. The minimum atomic E-state index is -0.0674. The first-order chi connectivity index (χ1) is 13.6. The summed E-state index contributed by atoms with van der Waals surface area (Å²) in [6, 6.07) is 10.3. The van der Waals surface area contributed by atoms with Crippen molar-refractivity contribution in [3.05, 3.63) is 47.5 Å². The van der Waals surface area contributed by atoms with Crippen molar-refractivity contribution in [2.45, 2.75) is 71.0 Å². The van der Waals surface area contributed by atoms with E-state index in [-0.39, 0.29) is 11.5 Å². The molecular weight excluding hydrogens is 346 g/mol. The second kappa shape index (κ2) is 7.33. The maximum Gasteiger partial charge on any atom is 0.142 e. The first-order valence-corrected chi connectivity index (χ1v) is 11.3. The predicted octanol–water partition coefficient (Wildman–Crippen LogP) is 5.49. The SMILES string of the molecule is C[C@]12CC[C@H]3[C@@H](CCC4=C/C(=N\OCc5ccccc5)CC[C@@H]43)[C@@H]1CC[C@@H]2O. The lowest BCUT2D eigenvalue weighted by Gasteiger charge is -2.53. The number of benzene rings is 1. The Labute approximate surface area is 168 Å². The van der Waals surface area contributed by atoms with E-state index in [0.717, 1.165) is 47.8 Å². The monoisotopic (exact) mass is 379 g/mol. The van der Waals surface area contributed by atoms with Crippen molar-refractivity contribution in [3.8, 4) is 0 Å². The van der Waals surface area contributed by atoms with E-state index >= 15 is 0 Å². The van der Waals surface area contributed by atoms with E-state index in [1.807, 2.05) is 18.2 Å². The molecule has 0 spiro atoms. The van der Waals surface area contributed by atoms with E-state index < -0.39 is 0 Å². The van der Waals surface area contributed by atoms with Crippen LogP contribution in [0.2, 0.25) is 0 Å². The zero-order valence-electron chi connectivity index (χ0n) is 17.0. The Morgan fingerprint density at radius 1 is 1.04 bits per heavy atom. The average molecular weight is 380 g/mol. The van der Waals surface area contributed by atoms with Gasteiger partial charge in [-0.05, 0) is 92.1 Å². The van der Waals surface area contributed by atoms with Crippen molar-refractivity contribution in [1.82, 2.24) is 0 Å². The lowest BCUT2D eigenvalue weighted by Crippen LogP contribution is -2.47. The topological polar surface area (TPSA) is 41.8 Å². The third-order valence-electron chi connectivity index (χ3n) is 8.52. The van der Waals surface area contributed by atoms with Gasteiger partial charge < -0.3 is 9.94 Å². The van der Waals surface area contributed by atoms with Crippen LogP contribution < -0.4 is 0 Å². The number of allylic oxidation sites excluding steroid dienone is 2. The molecule has 0 aromatic heterocycles. The van der Waals surface area contributed by atoms with E-state index in [2.05, 4.69) is 30.3 Å². The molecule has 0 aliphatic heterocycles. The molecule has 0 radical (unpaired) electrons. The third kappa shape index (κ3) is 3.12. The standard InChI is InChI=1S/C25H33NO2/c1-25-14-13-21-20-10-8-19(26-28-16-17-5-3-2-4-6-17)15-18(20)7-9-22(21)23(25)11-12-24(25)27/h2-6,15,20-24,27H,7-14,16H2,1H3/b26-19-/t20-,21+,22+,23-,24-,25-/m0/s1. The van der Waals surface area contributed by atoms with Gasteiger partial charge in [0.05, 0.1) is 11.8 Å². The smallest absolute Gasteiger partial charge is 0.142 e. The third-order valence-corrected chi connectivity index (χ3v) is 8.52. The molecule has 3 saturated carbocycles. The van der Waals surface area contributed by atoms with Gasteiger partial charge in [0.2, 0.25) is 0 Å². The molecule has 6 atom stereocenters. The number of nitrogens with zero attached hydrogens (tertiary/aromatic N) is 1. The van der Waals surface area contributed by atoms with Gasteiger partial charge in [-0.2, -0.15) is 0 Å². The Bertz CT molecular complexity index is 770. The van der Waals surface area contributed by atoms with E-state index in [1.165, 1.54) is 38.5 Å². The number of aliphatic hydroxyl groups excluding tert-OH is 1. The van der Waals surface area contributed by atoms with Crippen LogP contribution in [0.3, 0.4) is 0 Å². The average Bonchev–Trinajstić information content (AvgIpc) is 3.03. The highest BCUT2D eigenvalue weighted by Crippen LogP contribution is 2.61. The minimum absolute atomic E-state index is 0.0674. The van der Waals surface area contributed by atoms with Gasteiger partial charge in [0.1, 0.15) is 6.61 Å². The largest absolute Gasteiger partial charge is 0.393 e. The molecule has 0 amide bonds. The molecule has 1 aromatic carbocycles. The second-order valence-electron chi connectivity index (χ2n) is 9.82. The summed E-state index contributed by atoms with van der Waals surface area (Å²) in [5, 5.41) is 15.0. The van der Waals surface area contributed by atoms with Crippen LogP contribution in [0, 0.1) is 29.1 Å². The molecule has 5 rings (SSSR count). The highest BCUT2D eigenvalue weighted by molar-refractivity contribution is 5.96. The minimum Gasteiger partial charge on any atom is -0.393 e. The molecule has 0 saturated heterocycles. The molecule has 4 aliphatic rings. The normalized spacial score (nSPS) is 41.0. The van der Waals surface area contributed by atoms with E-state index in [9.17, 15) is 5.11 Å². The quantitative estimate of drug-likeness (QED) is 0.705. The molecular formula is C25H33NO2. The first kappa shape index (κ1) is 18.4. The Morgan fingerprint density at radius 3 is 2.75 bits per heavy atom. The van der Waals surface area contributed by atoms with Gasteiger partial charge in [-0.1, -0.05) is 48.0 Å². The number of oxime groups is 1. The summed E-state index contributed by atoms with van der Waals surface area (Å²) in [7, 11) is 0. The zero-order chi connectivity index (χ0) is 19.1. The Morgan fingerprint density at radius 2 is 1.89 bits per heavy atom. The predicted molar refractivity (Wildman–Crippen MR) is 112 cm³/mol. The van der Waals surface area contributed by atoms with E-state index in [4.69, 9.17) is 4.84 Å². The van der Waals surface area contributed by atoms with Crippen LogP contribution in [0.15, 0.2) is 47.1 Å². The maximum absolute atomic E-state index is 10.6. The molecule has 3 fully saturated rings. The van der Waals surface area contributed by atoms with Crippen molar-refractivity contribution < 1.29 is 9.94 Å². The molecule has 0 bridgehead atoms. The summed E-state index contributed by atoms with van der Waals surface area (Å²) in [6.45, 7) is 2.91. The van der Waals surface area contributed by atoms with Crippen LogP contribution in [0.25, 0.3) is 0 Å². The molecule has 3 nitrogen and oxygen atoms in total. The Balaban J connectivity index is 1.27. The van der Waals surface area contributed by atoms with Gasteiger partial charge in [-0.25, -0.2) is 0 Å². The molecule has 1 N–H and O–H groups in total. The van der Waals surface area contributed by atoms with Gasteiger partial charge in [-0.3, -0.25) is 0 Å². The summed E-state index contributed by atoms with van der Waals surface area (Å²) in [5.41, 5.74) is 4.10. The van der Waals surface area contributed by atoms with Crippen molar-refractivity contribution >= 4 is 5.71 Å². The first-order valence-electron chi connectivity index (χ1n) is 11.3. The highest BCUT2D eigenvalue weighted by atomic mass is 16.6. The highest BCUT2D eigenvalue weighted by Gasteiger charge is 2.55. The van der Waals surface area contributed by atoms with Gasteiger partial charge in [0.25, 0.3) is 0 Å². The van der Waals surface area contributed by atoms with E-state index in [1.54, 1.807) is 5.57 Å². The van der Waals surface area contributed by atoms with Crippen LogP contribution >= 0.6 is 0 Å². The molecule has 3 heteroatoms. The number of hydrogen-bond acceptors (Lipinski definition) is 3.